The molecule has 1 aromatic heterocycles. The number of imide groups is 1. The van der Waals surface area contributed by atoms with Gasteiger partial charge in [0.1, 0.15) is 0 Å². The number of pyridine rings is 1. The number of hydrogen-bond donors (Lipinski definition) is 7. The van der Waals surface area contributed by atoms with E-state index in [-0.39, 0.29) is 43.4 Å². The number of hydrogen-bond acceptors (Lipinski definition) is 14. The summed E-state index contributed by atoms with van der Waals surface area (Å²) < 4.78 is 0.743. The molecule has 0 unspecified atom stereocenters. The van der Waals surface area contributed by atoms with E-state index in [1.54, 1.807) is 12.3 Å². The van der Waals surface area contributed by atoms with Crippen molar-refractivity contribution in [2.45, 2.75) is 95.6 Å². The number of amides is 5. The zero-order valence-corrected chi connectivity index (χ0v) is 36.3. The molecule has 23 heteroatoms. The minimum atomic E-state index is -1.60. The molecule has 7 N–H and O–H groups in total. The van der Waals surface area contributed by atoms with Crippen LogP contribution in [0.5, 0.6) is 0 Å². The van der Waals surface area contributed by atoms with Crippen molar-refractivity contribution in [3.8, 4) is 0 Å². The molecule has 344 valence electrons. The lowest BCUT2D eigenvalue weighted by Gasteiger charge is -2.24. The second kappa shape index (κ2) is 25.4. The number of hydroxylamine groups is 2. The number of rotatable bonds is 28. The monoisotopic (exact) mass is 1010 g/mol. The van der Waals surface area contributed by atoms with E-state index in [1.165, 1.54) is 24.4 Å². The standard InChI is InChI=1S/C41H46IN5O17/c42-27-17-26(20-43-21-27)37(58)44-15-2-1-4-24(40(61)62)19-31(49)29(9-14-36(56)57)46-39(60)23(7-12-34(52)53)18-30(48)28(8-13-35(54)55)45-38(59)22-5-3-6-25(16-22)41(63)64-47-32(50)10-11-33(47)51/h3,5-6,16-17,20-21,23-24,28-29H,1-2,4,7-15,18-19H2,(H,44,58)(H,45,59)(H,46,60)(H,52,53)(H,54,55)(H,56,57)(H,61,62)/t23-,24-,28+,29+/m0/s1. The third-order valence-electron chi connectivity index (χ3n) is 9.79. The van der Waals surface area contributed by atoms with E-state index < -0.39 is 146 Å². The van der Waals surface area contributed by atoms with Crippen LogP contribution in [0.3, 0.4) is 0 Å². The first kappa shape index (κ1) is 51.7. The molecule has 1 aliphatic rings. The number of nitrogens with one attached hydrogen (secondary N) is 3. The van der Waals surface area contributed by atoms with Gasteiger partial charge < -0.3 is 41.2 Å². The Labute approximate surface area is 378 Å². The second-order valence-corrected chi connectivity index (χ2v) is 15.9. The summed E-state index contributed by atoms with van der Waals surface area (Å²) in [5, 5.41) is 45.7. The van der Waals surface area contributed by atoms with Gasteiger partial charge in [-0.05, 0) is 79.0 Å². The largest absolute Gasteiger partial charge is 0.481 e. The Hall–Kier alpha value is -6.66. The van der Waals surface area contributed by atoms with Crippen molar-refractivity contribution in [3.05, 3.63) is 63.0 Å². The number of ketones is 2. The molecule has 0 saturated carbocycles. The fourth-order valence-corrected chi connectivity index (χ4v) is 6.83. The predicted octanol–water partition coefficient (Wildman–Crippen LogP) is 1.92. The second-order valence-electron chi connectivity index (χ2n) is 14.6. The van der Waals surface area contributed by atoms with Crippen molar-refractivity contribution in [1.82, 2.24) is 26.0 Å². The quantitative estimate of drug-likeness (QED) is 0.0364. The van der Waals surface area contributed by atoms with Crippen LogP contribution in [0, 0.1) is 15.4 Å². The fraction of sp³-hybridized carbons (Fsp3) is 0.439. The van der Waals surface area contributed by atoms with Crippen LogP contribution in [0.25, 0.3) is 0 Å². The minimum absolute atomic E-state index is 0.0322. The van der Waals surface area contributed by atoms with E-state index in [4.69, 9.17) is 4.84 Å². The molecular formula is C41H46IN5O17. The third kappa shape index (κ3) is 17.2. The molecule has 0 bridgehead atoms. The maximum atomic E-state index is 13.7. The van der Waals surface area contributed by atoms with Crippen LogP contribution in [0.15, 0.2) is 42.7 Å². The normalized spacial score (nSPS) is 14.0. The van der Waals surface area contributed by atoms with E-state index in [9.17, 15) is 78.0 Å². The van der Waals surface area contributed by atoms with E-state index in [1.807, 2.05) is 22.6 Å². The van der Waals surface area contributed by atoms with Gasteiger partial charge >= 0.3 is 29.8 Å². The number of aliphatic carboxylic acids is 4. The van der Waals surface area contributed by atoms with E-state index in [2.05, 4.69) is 20.9 Å². The smallest absolute Gasteiger partial charge is 0.363 e. The van der Waals surface area contributed by atoms with Crippen molar-refractivity contribution in [2.24, 2.45) is 11.8 Å². The summed E-state index contributed by atoms with van der Waals surface area (Å²) in [5.41, 5.74) is -0.198. The lowest BCUT2D eigenvalue weighted by Crippen LogP contribution is -2.47. The SMILES string of the molecule is O=C(O)CC[C@@H](CC(=O)[C@@H](CCC(=O)O)NC(=O)c1cccc(C(=O)ON2C(=O)CCC2=O)c1)C(=O)N[C@H](CCC(=O)O)C(=O)C[C@H](CCCCNC(=O)c1cncc(I)c1)C(=O)O. The highest BCUT2D eigenvalue weighted by Gasteiger charge is 2.35. The highest BCUT2D eigenvalue weighted by atomic mass is 127. The Morgan fingerprint density at radius 3 is 1.81 bits per heavy atom. The number of aromatic nitrogens is 1. The van der Waals surface area contributed by atoms with Gasteiger partial charge in [-0.2, -0.15) is 0 Å². The predicted molar refractivity (Wildman–Crippen MR) is 224 cm³/mol. The maximum absolute atomic E-state index is 13.7. The van der Waals surface area contributed by atoms with Gasteiger partial charge in [-0.3, -0.25) is 57.7 Å². The summed E-state index contributed by atoms with van der Waals surface area (Å²) in [6.07, 6.45) is -1.80. The lowest BCUT2D eigenvalue weighted by molar-refractivity contribution is -0.172. The van der Waals surface area contributed by atoms with Crippen molar-refractivity contribution in [1.29, 1.82) is 0 Å². The van der Waals surface area contributed by atoms with Crippen molar-refractivity contribution in [2.75, 3.05) is 6.54 Å². The van der Waals surface area contributed by atoms with Crippen LogP contribution in [-0.4, -0.2) is 120 Å². The molecular weight excluding hydrogens is 961 g/mol. The van der Waals surface area contributed by atoms with Gasteiger partial charge in [-0.1, -0.05) is 12.5 Å². The molecule has 22 nitrogen and oxygen atoms in total. The number of benzene rings is 1. The van der Waals surface area contributed by atoms with Gasteiger partial charge in [0.25, 0.3) is 23.6 Å². The Bertz CT molecular complexity index is 2130. The highest BCUT2D eigenvalue weighted by Crippen LogP contribution is 2.21. The average molecular weight is 1010 g/mol. The molecule has 1 aromatic carbocycles. The summed E-state index contributed by atoms with van der Waals surface area (Å²) in [7, 11) is 0. The number of carboxylic acids is 4. The van der Waals surface area contributed by atoms with Crippen LogP contribution in [-0.2, 0) is 48.0 Å². The van der Waals surface area contributed by atoms with Gasteiger partial charge in [0.2, 0.25) is 5.91 Å². The molecule has 1 aliphatic heterocycles. The molecule has 0 spiro atoms. The van der Waals surface area contributed by atoms with Crippen LogP contribution in [0.1, 0.15) is 115 Å². The molecule has 2 heterocycles. The molecule has 2 aromatic rings. The number of Topliss-reactive ketones (excluding diaryl/α,β-unsaturated/α-hetero) is 2. The molecule has 64 heavy (non-hydrogen) atoms. The van der Waals surface area contributed by atoms with Crippen LogP contribution in [0.4, 0.5) is 0 Å². The summed E-state index contributed by atoms with van der Waals surface area (Å²) >= 11 is 2.00. The molecule has 3 rings (SSSR count). The molecule has 0 aliphatic carbocycles. The third-order valence-corrected chi connectivity index (χ3v) is 10.4. The van der Waals surface area contributed by atoms with E-state index in [0.29, 0.717) is 17.0 Å². The summed E-state index contributed by atoms with van der Waals surface area (Å²) in [5.74, 6) is -15.2. The number of halogens is 1. The van der Waals surface area contributed by atoms with Gasteiger partial charge in [0.15, 0.2) is 11.6 Å². The molecule has 4 atom stereocenters. The number of carbonyl (C=O) groups excluding carboxylic acids is 8. The first-order valence-corrected chi connectivity index (χ1v) is 20.9. The number of unbranched alkanes of at least 4 members (excludes halogenated alkanes) is 1. The van der Waals surface area contributed by atoms with Crippen molar-refractivity contribution < 1.29 is 82.8 Å². The Kier molecular flexibility index (Phi) is 20.6. The van der Waals surface area contributed by atoms with Crippen LogP contribution < -0.4 is 16.0 Å². The first-order valence-electron chi connectivity index (χ1n) is 19.9. The zero-order chi connectivity index (χ0) is 47.5. The lowest BCUT2D eigenvalue weighted by atomic mass is 9.89. The summed E-state index contributed by atoms with van der Waals surface area (Å²) in [4.78, 5) is 159. The minimum Gasteiger partial charge on any atom is -0.481 e. The summed E-state index contributed by atoms with van der Waals surface area (Å²) in [6, 6.07) is 3.11. The number of nitrogens with zero attached hydrogens (tertiary/aromatic N) is 2. The summed E-state index contributed by atoms with van der Waals surface area (Å²) in [6.45, 7) is 0.176. The number of carbonyl (C=O) groups is 12. The fourth-order valence-electron chi connectivity index (χ4n) is 6.34. The molecule has 0 radical (unpaired) electrons. The van der Waals surface area contributed by atoms with Gasteiger partial charge in [0.05, 0.1) is 29.1 Å². The Morgan fingerprint density at radius 2 is 1.23 bits per heavy atom. The van der Waals surface area contributed by atoms with Gasteiger partial charge in [-0.25, -0.2) is 4.79 Å². The first-order chi connectivity index (χ1) is 30.2. The Balaban J connectivity index is 1.72. The topological polar surface area (TPSA) is 347 Å². The molecule has 1 saturated heterocycles. The average Bonchev–Trinajstić information content (AvgIpc) is 3.56. The van der Waals surface area contributed by atoms with Crippen LogP contribution in [0.2, 0.25) is 0 Å². The van der Waals surface area contributed by atoms with Gasteiger partial charge in [-0.15, -0.1) is 5.06 Å². The van der Waals surface area contributed by atoms with Crippen molar-refractivity contribution >= 4 is 93.5 Å². The van der Waals surface area contributed by atoms with Gasteiger partial charge in [0, 0.05) is 78.9 Å². The van der Waals surface area contributed by atoms with E-state index >= 15 is 0 Å². The van der Waals surface area contributed by atoms with Crippen LogP contribution >= 0.6 is 22.6 Å². The van der Waals surface area contributed by atoms with E-state index in [0.717, 1.165) is 9.64 Å². The Morgan fingerprint density at radius 1 is 0.672 bits per heavy atom. The zero-order valence-electron chi connectivity index (χ0n) is 34.1. The number of carboxylic acid groups (broad SMARTS) is 4. The van der Waals surface area contributed by atoms with Crippen molar-refractivity contribution in [3.63, 3.8) is 0 Å². The molecule has 5 amide bonds. The highest BCUT2D eigenvalue weighted by molar-refractivity contribution is 14.1. The molecule has 1 fully saturated rings. The maximum Gasteiger partial charge on any atom is 0.363 e.